The van der Waals surface area contributed by atoms with Crippen LogP contribution in [0.3, 0.4) is 0 Å². The van der Waals surface area contributed by atoms with Crippen molar-refractivity contribution >= 4 is 23.9 Å². The summed E-state index contributed by atoms with van der Waals surface area (Å²) in [6.45, 7) is 26.4. The van der Waals surface area contributed by atoms with E-state index in [1.54, 1.807) is 34.6 Å². The number of benzene rings is 2. The number of hydrogen-bond donors (Lipinski definition) is 2. The van der Waals surface area contributed by atoms with E-state index in [4.69, 9.17) is 26.8 Å². The first-order valence-corrected chi connectivity index (χ1v) is 29.0. The number of aliphatic carboxylic acids is 1. The van der Waals surface area contributed by atoms with Crippen LogP contribution in [0.25, 0.3) is 22.5 Å². The number of carbonyl (C=O) groups is 4. The molecule has 4 aliphatic rings. The fourth-order valence-electron chi connectivity index (χ4n) is 11.7. The molecule has 454 valence electrons. The van der Waals surface area contributed by atoms with Gasteiger partial charge in [-0.05, 0) is 163 Å². The molecule has 0 saturated carbocycles. The van der Waals surface area contributed by atoms with Gasteiger partial charge in [0.1, 0.15) is 17.0 Å². The maximum absolute atomic E-state index is 13.9. The van der Waals surface area contributed by atoms with Crippen molar-refractivity contribution in [1.82, 2.24) is 39.3 Å². The van der Waals surface area contributed by atoms with Gasteiger partial charge in [0.2, 0.25) is 0 Å². The first-order valence-electron chi connectivity index (χ1n) is 29.7. The van der Waals surface area contributed by atoms with Crippen LogP contribution in [-0.2, 0) is 55.8 Å². The number of carboxylic acid groups (broad SMARTS) is 1. The number of aromatic nitrogens is 6. The molecule has 2 aliphatic heterocycles. The van der Waals surface area contributed by atoms with Gasteiger partial charge >= 0.3 is 18.2 Å². The zero-order chi connectivity index (χ0) is 61.3. The van der Waals surface area contributed by atoms with E-state index in [0.29, 0.717) is 51.9 Å². The molecular weight excluding hydrogens is 1060 g/mol. The van der Waals surface area contributed by atoms with Gasteiger partial charge in [-0.3, -0.25) is 33.3 Å². The second-order valence-corrected chi connectivity index (χ2v) is 26.3. The number of rotatable bonds is 8. The maximum Gasteiger partial charge on any atom is 0.410 e. The van der Waals surface area contributed by atoms with Crippen molar-refractivity contribution in [3.8, 4) is 22.5 Å². The molecule has 2 aliphatic carbocycles. The summed E-state index contributed by atoms with van der Waals surface area (Å²) in [5.41, 5.74) is 15.8. The fourth-order valence-corrected chi connectivity index (χ4v) is 11.7. The molecule has 17 heteroatoms. The Morgan fingerprint density at radius 2 is 1.00 bits per heavy atom. The zero-order valence-electron chi connectivity index (χ0n) is 51.8. The van der Waals surface area contributed by atoms with Crippen LogP contribution in [0.1, 0.15) is 157 Å². The molecule has 3 N–H and O–H groups in total. The normalized spacial score (nSPS) is 20.4. The lowest BCUT2D eigenvalue weighted by molar-refractivity contribution is -0.142. The number of ketones is 1. The average Bonchev–Trinajstić information content (AvgIpc) is 1.93. The lowest BCUT2D eigenvalue weighted by Crippen LogP contribution is -2.36. The maximum atomic E-state index is 13.9. The zero-order valence-corrected chi connectivity index (χ0v) is 50.8. The number of likely N-dealkylation sites (tertiary alicyclic amines) is 2. The smallest absolute Gasteiger partial charge is 0.410 e. The molecule has 0 radical (unpaired) electrons. The Morgan fingerprint density at radius 1 is 0.607 bits per heavy atom. The second-order valence-electron chi connectivity index (χ2n) is 26.3. The van der Waals surface area contributed by atoms with Crippen LogP contribution in [0.15, 0.2) is 110 Å². The number of hydrogen-bond acceptors (Lipinski definition) is 11. The van der Waals surface area contributed by atoms with Crippen LogP contribution in [0.5, 0.6) is 0 Å². The van der Waals surface area contributed by atoms with Crippen molar-refractivity contribution in [2.75, 3.05) is 33.3 Å². The first kappa shape index (κ1) is 64.3. The van der Waals surface area contributed by atoms with Crippen molar-refractivity contribution in [1.29, 1.82) is 0 Å². The molecule has 6 heterocycles. The molecular formula is C67H92FN9O7. The number of Topliss-reactive ketones (excluding diaryl/α,β-unsaturated/α-hetero) is 1. The van der Waals surface area contributed by atoms with Crippen LogP contribution >= 0.6 is 0 Å². The van der Waals surface area contributed by atoms with Crippen molar-refractivity contribution < 1.29 is 39.5 Å². The Hall–Kier alpha value is -7.27. The molecule has 4 unspecified atom stereocenters. The third kappa shape index (κ3) is 16.5. The molecule has 2 aromatic carbocycles. The SMILES string of the molecule is C.CC(C)(C)OC(=O)N1CC(N)C(c2ccccc2)C1.CC(C)(C)OC(=O)N1C[C@H](CC(=O)C2CCc3c(c(-c4ccncc4)nn3C(C)(C)C)C2)[C@@H](c2ccccc2)C1.CC(C)(C)n1nc(-c2ccncc2)c2c1CCC(C(=O)O)C2.[2H]CF. The van der Waals surface area contributed by atoms with Gasteiger partial charge in [-0.2, -0.15) is 10.2 Å². The van der Waals surface area contributed by atoms with Crippen LogP contribution in [-0.4, -0.2) is 119 Å². The molecule has 0 spiro atoms. The number of halogens is 1. The summed E-state index contributed by atoms with van der Waals surface area (Å²) < 4.78 is 30.8. The Balaban J connectivity index is 0.000000217. The highest BCUT2D eigenvalue weighted by Gasteiger charge is 2.42. The molecule has 10 rings (SSSR count). The molecule has 2 saturated heterocycles. The molecule has 2 amide bonds. The lowest BCUT2D eigenvalue weighted by Gasteiger charge is -2.28. The summed E-state index contributed by atoms with van der Waals surface area (Å²) in [4.78, 5) is 62.0. The number of ether oxygens (including phenoxy) is 2. The quantitative estimate of drug-likeness (QED) is 0.146. The number of fused-ring (bicyclic) bond motifs is 2. The van der Waals surface area contributed by atoms with Crippen LogP contribution in [0.4, 0.5) is 14.0 Å². The lowest BCUT2D eigenvalue weighted by atomic mass is 9.78. The van der Waals surface area contributed by atoms with Gasteiger partial charge in [0, 0.05) is 115 Å². The molecule has 6 atom stereocenters. The standard InChI is InChI=1S/C33H42N4O3.C17H21N3O2.C15H22N2O2.CH3F.CH4/c1-32(2,3)37-28-13-12-24(18-26(28)30(35-37)23-14-16-34-17-15-23)29(38)19-25-20-36(31(39)40-33(4,5)6)21-27(25)22-10-8-7-9-11-22;1-17(2,3)20-14-5-4-12(16(21)22)10-13(14)15(19-20)11-6-8-18-9-7-11;1-15(2,3)19-14(18)17-9-12(13(16)10-17)11-7-5-4-6-8-11;1-2;/h7-11,14-17,24-25,27H,12-13,18-21H2,1-6H3;6-9,12H,4-5,10H2,1-3H3,(H,21,22);4-8,12-13H,9-10,16H2,1-3H3;1H3;1H4/t24?,25-,27+;;;;/m0..../s1/i;;;1D;. The highest BCUT2D eigenvalue weighted by Crippen LogP contribution is 2.41. The van der Waals surface area contributed by atoms with E-state index in [9.17, 15) is 28.7 Å². The Labute approximate surface area is 499 Å². The van der Waals surface area contributed by atoms with Crippen LogP contribution in [0.2, 0.25) is 0 Å². The summed E-state index contributed by atoms with van der Waals surface area (Å²) in [5, 5.41) is 19.2. The highest BCUT2D eigenvalue weighted by atomic mass is 19.1. The molecule has 4 aromatic heterocycles. The minimum Gasteiger partial charge on any atom is -0.481 e. The van der Waals surface area contributed by atoms with Gasteiger partial charge in [0.15, 0.2) is 0 Å². The van der Waals surface area contributed by atoms with Crippen molar-refractivity contribution in [2.24, 2.45) is 23.5 Å². The van der Waals surface area contributed by atoms with E-state index in [0.717, 1.165) is 47.3 Å². The van der Waals surface area contributed by atoms with E-state index < -0.39 is 24.3 Å². The topological polar surface area (TPSA) is 201 Å². The highest BCUT2D eigenvalue weighted by molar-refractivity contribution is 5.83. The van der Waals surface area contributed by atoms with Gasteiger partial charge < -0.3 is 30.1 Å². The number of carbonyl (C=O) groups excluding carboxylic acids is 3. The predicted molar refractivity (Wildman–Crippen MR) is 328 cm³/mol. The van der Waals surface area contributed by atoms with E-state index in [2.05, 4.69) is 85.1 Å². The van der Waals surface area contributed by atoms with Gasteiger partial charge in [0.25, 0.3) is 0 Å². The summed E-state index contributed by atoms with van der Waals surface area (Å²) in [7, 11) is -1.00. The minimum atomic E-state index is -1.00. The summed E-state index contributed by atoms with van der Waals surface area (Å²) >= 11 is 0. The summed E-state index contributed by atoms with van der Waals surface area (Å²) in [6, 6.07) is 28.2. The number of nitrogens with two attached hydrogens (primary N) is 1. The Bertz CT molecular complexity index is 3150. The number of alkyl halides is 1. The van der Waals surface area contributed by atoms with Crippen molar-refractivity contribution in [2.45, 2.75) is 176 Å². The molecule has 84 heavy (non-hydrogen) atoms. The second kappa shape index (κ2) is 27.6. The number of carboxylic acids is 1. The third-order valence-corrected chi connectivity index (χ3v) is 15.6. The predicted octanol–water partition coefficient (Wildman–Crippen LogP) is 12.9. The van der Waals surface area contributed by atoms with Crippen molar-refractivity contribution in [3.63, 3.8) is 0 Å². The summed E-state index contributed by atoms with van der Waals surface area (Å²) in [5.74, 6) is -0.451. The Kier molecular flexibility index (Phi) is 21.1. The van der Waals surface area contributed by atoms with E-state index in [-0.39, 0.29) is 72.1 Å². The van der Waals surface area contributed by atoms with Crippen molar-refractivity contribution in [3.05, 3.63) is 143 Å². The van der Waals surface area contributed by atoms with Gasteiger partial charge in [-0.1, -0.05) is 68.1 Å². The Morgan fingerprint density at radius 3 is 1.42 bits per heavy atom. The molecule has 2 fully saturated rings. The van der Waals surface area contributed by atoms with E-state index in [1.165, 1.54) is 28.1 Å². The van der Waals surface area contributed by atoms with Gasteiger partial charge in [0.05, 0.1) is 36.9 Å². The fraction of sp³-hybridized carbons (Fsp3) is 0.522. The van der Waals surface area contributed by atoms with Gasteiger partial charge in [-0.25, -0.2) is 9.59 Å². The molecule has 0 bridgehead atoms. The largest absolute Gasteiger partial charge is 0.481 e. The number of nitrogens with zero attached hydrogens (tertiary/aromatic N) is 8. The molecule has 16 nitrogen and oxygen atoms in total. The first-order chi connectivity index (χ1) is 39.6. The van der Waals surface area contributed by atoms with Crippen LogP contribution in [0, 0.1) is 17.8 Å². The van der Waals surface area contributed by atoms with E-state index in [1.807, 2.05) is 102 Å². The molecule has 6 aromatic rings. The minimum absolute atomic E-state index is 0. The van der Waals surface area contributed by atoms with Gasteiger partial charge in [-0.15, -0.1) is 0 Å². The number of amides is 2. The average molecular weight is 1160 g/mol. The van der Waals surface area contributed by atoms with E-state index >= 15 is 0 Å². The monoisotopic (exact) mass is 1150 g/mol. The third-order valence-electron chi connectivity index (χ3n) is 15.6. The van der Waals surface area contributed by atoms with Crippen LogP contribution < -0.4 is 5.73 Å². The number of pyridine rings is 2. The summed E-state index contributed by atoms with van der Waals surface area (Å²) in [6.07, 6.45) is 11.3.